The van der Waals surface area contributed by atoms with Crippen LogP contribution in [0.5, 0.6) is 6.01 Å². The van der Waals surface area contributed by atoms with Gasteiger partial charge in [0.25, 0.3) is 0 Å². The van der Waals surface area contributed by atoms with Crippen LogP contribution in [0.4, 0.5) is 0 Å². The summed E-state index contributed by atoms with van der Waals surface area (Å²) in [5.74, 6) is 0. The van der Waals surface area contributed by atoms with Gasteiger partial charge in [-0.05, 0) is 19.8 Å². The fourth-order valence-corrected chi connectivity index (χ4v) is 2.19. The first kappa shape index (κ1) is 12.8. The zero-order chi connectivity index (χ0) is 13.1. The highest BCUT2D eigenvalue weighted by Crippen LogP contribution is 2.20. The summed E-state index contributed by atoms with van der Waals surface area (Å²) in [4.78, 5) is 8.77. The van der Waals surface area contributed by atoms with E-state index >= 15 is 0 Å². The topological polar surface area (TPSA) is 56.3 Å². The summed E-state index contributed by atoms with van der Waals surface area (Å²) in [5, 5.41) is 3.48. The Kier molecular flexibility index (Phi) is 3.94. The van der Waals surface area contributed by atoms with Crippen LogP contribution in [-0.2, 0) is 11.3 Å². The van der Waals surface area contributed by atoms with Gasteiger partial charge in [-0.15, -0.1) is 0 Å². The number of ether oxygens (including phenoxy) is 2. The number of nitrogens with one attached hydrogen (secondary N) is 1. The summed E-state index contributed by atoms with van der Waals surface area (Å²) in [7, 11) is 0. The first-order chi connectivity index (χ1) is 9.31. The molecule has 2 heterocycles. The minimum Gasteiger partial charge on any atom is -0.460 e. The first-order valence-electron chi connectivity index (χ1n) is 7.11. The lowest BCUT2D eigenvalue weighted by Crippen LogP contribution is -2.26. The number of hydrogen-bond donors (Lipinski definition) is 1. The zero-order valence-electron chi connectivity index (χ0n) is 11.4. The molecule has 0 aromatic carbocycles. The number of aryl methyl sites for hydroxylation is 1. The van der Waals surface area contributed by atoms with Gasteiger partial charge < -0.3 is 14.8 Å². The molecular formula is C14H21N3O2. The van der Waals surface area contributed by atoms with Crippen molar-refractivity contribution in [1.82, 2.24) is 15.3 Å². The van der Waals surface area contributed by atoms with E-state index in [-0.39, 0.29) is 6.10 Å². The van der Waals surface area contributed by atoms with E-state index in [1.807, 2.05) is 13.1 Å². The van der Waals surface area contributed by atoms with E-state index in [9.17, 15) is 0 Å². The second kappa shape index (κ2) is 5.84. The molecule has 1 N–H and O–H groups in total. The number of aromatic nitrogens is 2. The molecule has 1 aromatic heterocycles. The van der Waals surface area contributed by atoms with Gasteiger partial charge in [0, 0.05) is 42.9 Å². The predicted octanol–water partition coefficient (Wildman–Crippen LogP) is 1.59. The maximum absolute atomic E-state index is 5.81. The Bertz CT molecular complexity index is 429. The average molecular weight is 263 g/mol. The number of hydrogen-bond acceptors (Lipinski definition) is 5. The highest BCUT2D eigenvalue weighted by Gasteiger charge is 2.21. The van der Waals surface area contributed by atoms with Crippen molar-refractivity contribution in [2.75, 3.05) is 13.2 Å². The molecule has 3 rings (SSSR count). The lowest BCUT2D eigenvalue weighted by Gasteiger charge is -2.22. The van der Waals surface area contributed by atoms with Gasteiger partial charge >= 0.3 is 6.01 Å². The van der Waals surface area contributed by atoms with Crippen LogP contribution in [0.15, 0.2) is 6.20 Å². The second-order valence-electron chi connectivity index (χ2n) is 5.35. The van der Waals surface area contributed by atoms with E-state index in [1.165, 1.54) is 12.8 Å². The molecular weight excluding hydrogens is 242 g/mol. The third-order valence-corrected chi connectivity index (χ3v) is 3.66. The Labute approximate surface area is 113 Å². The van der Waals surface area contributed by atoms with Crippen LogP contribution in [0.1, 0.15) is 36.9 Å². The van der Waals surface area contributed by atoms with E-state index < -0.39 is 0 Å². The minimum absolute atomic E-state index is 0.198. The Morgan fingerprint density at radius 1 is 1.32 bits per heavy atom. The molecule has 19 heavy (non-hydrogen) atoms. The monoisotopic (exact) mass is 263 g/mol. The Morgan fingerprint density at radius 3 is 2.79 bits per heavy atom. The second-order valence-corrected chi connectivity index (χ2v) is 5.35. The van der Waals surface area contributed by atoms with Crippen molar-refractivity contribution in [2.45, 2.75) is 51.3 Å². The van der Waals surface area contributed by atoms with Crippen LogP contribution in [0.25, 0.3) is 0 Å². The van der Waals surface area contributed by atoms with E-state index in [0.717, 1.165) is 43.9 Å². The smallest absolute Gasteiger partial charge is 0.316 e. The van der Waals surface area contributed by atoms with E-state index in [4.69, 9.17) is 9.47 Å². The van der Waals surface area contributed by atoms with Crippen LogP contribution in [0.3, 0.4) is 0 Å². The normalized spacial score (nSPS) is 20.5. The first-order valence-corrected chi connectivity index (χ1v) is 7.11. The third-order valence-electron chi connectivity index (χ3n) is 3.66. The molecule has 0 radical (unpaired) electrons. The van der Waals surface area contributed by atoms with Crippen molar-refractivity contribution in [1.29, 1.82) is 0 Å². The quantitative estimate of drug-likeness (QED) is 0.874. The van der Waals surface area contributed by atoms with Gasteiger partial charge in [0.15, 0.2) is 0 Å². The summed E-state index contributed by atoms with van der Waals surface area (Å²) < 4.78 is 11.1. The SMILES string of the molecule is Cc1nc(OC2CCOCC2)ncc1CNC1CC1. The van der Waals surface area contributed by atoms with E-state index in [1.54, 1.807) is 0 Å². The van der Waals surface area contributed by atoms with Gasteiger partial charge in [0.1, 0.15) is 6.10 Å². The molecule has 104 valence electrons. The number of nitrogens with zero attached hydrogens (tertiary/aromatic N) is 2. The minimum atomic E-state index is 0.198. The molecule has 1 aliphatic carbocycles. The maximum atomic E-state index is 5.81. The van der Waals surface area contributed by atoms with Crippen LogP contribution < -0.4 is 10.1 Å². The molecule has 1 saturated carbocycles. The molecule has 0 spiro atoms. The fourth-order valence-electron chi connectivity index (χ4n) is 2.19. The van der Waals surface area contributed by atoms with Crippen molar-refractivity contribution in [3.63, 3.8) is 0 Å². The molecule has 2 fully saturated rings. The Hall–Kier alpha value is -1.20. The summed E-state index contributed by atoms with van der Waals surface area (Å²) in [6, 6.07) is 1.21. The average Bonchev–Trinajstić information content (AvgIpc) is 3.23. The molecule has 0 unspecified atom stereocenters. The van der Waals surface area contributed by atoms with Gasteiger partial charge in [0.2, 0.25) is 0 Å². The molecule has 0 atom stereocenters. The molecule has 1 aliphatic heterocycles. The van der Waals surface area contributed by atoms with Crippen molar-refractivity contribution >= 4 is 0 Å². The summed E-state index contributed by atoms with van der Waals surface area (Å²) in [6.45, 7) is 4.41. The van der Waals surface area contributed by atoms with E-state index in [0.29, 0.717) is 12.1 Å². The van der Waals surface area contributed by atoms with Gasteiger partial charge in [-0.2, -0.15) is 0 Å². The van der Waals surface area contributed by atoms with Crippen molar-refractivity contribution in [2.24, 2.45) is 0 Å². The van der Waals surface area contributed by atoms with Gasteiger partial charge in [-0.25, -0.2) is 9.97 Å². The predicted molar refractivity (Wildman–Crippen MR) is 71.1 cm³/mol. The van der Waals surface area contributed by atoms with Crippen LogP contribution in [0.2, 0.25) is 0 Å². The lowest BCUT2D eigenvalue weighted by molar-refractivity contribution is 0.0216. The Morgan fingerprint density at radius 2 is 2.11 bits per heavy atom. The summed E-state index contributed by atoms with van der Waals surface area (Å²) in [6.07, 6.45) is 6.52. The van der Waals surface area contributed by atoms with Crippen LogP contribution in [0, 0.1) is 6.92 Å². The van der Waals surface area contributed by atoms with Gasteiger partial charge in [-0.1, -0.05) is 0 Å². The summed E-state index contributed by atoms with van der Waals surface area (Å²) in [5.41, 5.74) is 2.16. The van der Waals surface area contributed by atoms with Crippen LogP contribution in [-0.4, -0.2) is 35.3 Å². The van der Waals surface area contributed by atoms with Gasteiger partial charge in [-0.3, -0.25) is 0 Å². The highest BCUT2D eigenvalue weighted by atomic mass is 16.5. The van der Waals surface area contributed by atoms with Crippen molar-refractivity contribution < 1.29 is 9.47 Å². The molecule has 0 bridgehead atoms. The summed E-state index contributed by atoms with van der Waals surface area (Å²) >= 11 is 0. The highest BCUT2D eigenvalue weighted by molar-refractivity contribution is 5.18. The fraction of sp³-hybridized carbons (Fsp3) is 0.714. The number of rotatable bonds is 5. The van der Waals surface area contributed by atoms with Gasteiger partial charge in [0.05, 0.1) is 13.2 Å². The molecule has 5 nitrogen and oxygen atoms in total. The molecule has 1 aromatic rings. The molecule has 1 saturated heterocycles. The Balaban J connectivity index is 1.57. The molecule has 5 heteroatoms. The molecule has 0 amide bonds. The largest absolute Gasteiger partial charge is 0.460 e. The van der Waals surface area contributed by atoms with Crippen LogP contribution >= 0.6 is 0 Å². The zero-order valence-corrected chi connectivity index (χ0v) is 11.4. The van der Waals surface area contributed by atoms with Crippen molar-refractivity contribution in [3.05, 3.63) is 17.5 Å². The lowest BCUT2D eigenvalue weighted by atomic mass is 10.2. The third kappa shape index (κ3) is 3.64. The van der Waals surface area contributed by atoms with E-state index in [2.05, 4.69) is 15.3 Å². The maximum Gasteiger partial charge on any atom is 0.316 e. The molecule has 2 aliphatic rings. The standard InChI is InChI=1S/C14H21N3O2/c1-10-11(8-15-12-2-3-12)9-16-14(17-10)19-13-4-6-18-7-5-13/h9,12-13,15H,2-8H2,1H3. The van der Waals surface area contributed by atoms with Crippen molar-refractivity contribution in [3.8, 4) is 6.01 Å².